The summed E-state index contributed by atoms with van der Waals surface area (Å²) in [6, 6.07) is 9.46. The smallest absolute Gasteiger partial charge is 0.317 e. The van der Waals surface area contributed by atoms with Crippen LogP contribution < -0.4 is 5.32 Å². The lowest BCUT2D eigenvalue weighted by Gasteiger charge is -2.30. The molecule has 1 fully saturated rings. The lowest BCUT2D eigenvalue weighted by molar-refractivity contribution is -0.143. The van der Waals surface area contributed by atoms with Gasteiger partial charge in [-0.1, -0.05) is 30.3 Å². The Morgan fingerprint density at radius 1 is 1.32 bits per heavy atom. The van der Waals surface area contributed by atoms with Gasteiger partial charge in [-0.15, -0.1) is 0 Å². The summed E-state index contributed by atoms with van der Waals surface area (Å²) in [6.07, 6.45) is 1.40. The van der Waals surface area contributed by atoms with Crippen LogP contribution in [0.1, 0.15) is 18.4 Å². The van der Waals surface area contributed by atoms with E-state index in [0.29, 0.717) is 26.1 Å². The van der Waals surface area contributed by atoms with Gasteiger partial charge < -0.3 is 15.3 Å². The number of carbonyl (C=O) groups excluding carboxylic acids is 1. The standard InChI is InChI=1S/C14H18N2O3/c17-13(18)12-7-4-8-16(10-12)14(19)15-9-11-5-2-1-3-6-11/h1-3,5-6,12H,4,7-10H2,(H,15,19)(H,17,18)/t12-/m0/s1. The molecule has 0 spiro atoms. The second-order valence-corrected chi connectivity index (χ2v) is 4.77. The van der Waals surface area contributed by atoms with Crippen molar-refractivity contribution in [2.75, 3.05) is 13.1 Å². The fourth-order valence-corrected chi connectivity index (χ4v) is 2.25. The van der Waals surface area contributed by atoms with E-state index in [-0.39, 0.29) is 6.03 Å². The van der Waals surface area contributed by atoms with Crippen molar-refractivity contribution in [3.05, 3.63) is 35.9 Å². The molecule has 1 heterocycles. The van der Waals surface area contributed by atoms with Crippen molar-refractivity contribution in [3.63, 3.8) is 0 Å². The quantitative estimate of drug-likeness (QED) is 0.871. The molecule has 0 radical (unpaired) electrons. The molecular formula is C14H18N2O3. The van der Waals surface area contributed by atoms with Gasteiger partial charge in [0, 0.05) is 19.6 Å². The summed E-state index contributed by atoms with van der Waals surface area (Å²) in [7, 11) is 0. The predicted octanol–water partition coefficient (Wildman–Crippen LogP) is 1.69. The van der Waals surface area contributed by atoms with Gasteiger partial charge in [-0.3, -0.25) is 4.79 Å². The molecule has 1 atom stereocenters. The van der Waals surface area contributed by atoms with Crippen LogP contribution in [0.3, 0.4) is 0 Å². The number of carboxylic acid groups (broad SMARTS) is 1. The van der Waals surface area contributed by atoms with E-state index < -0.39 is 11.9 Å². The third-order valence-electron chi connectivity index (χ3n) is 3.34. The second kappa shape index (κ2) is 6.22. The van der Waals surface area contributed by atoms with Crippen molar-refractivity contribution >= 4 is 12.0 Å². The largest absolute Gasteiger partial charge is 0.481 e. The minimum absolute atomic E-state index is 0.185. The first-order chi connectivity index (χ1) is 9.16. The Labute approximate surface area is 112 Å². The Kier molecular flexibility index (Phi) is 4.39. The molecule has 1 aromatic rings. The fourth-order valence-electron chi connectivity index (χ4n) is 2.25. The highest BCUT2D eigenvalue weighted by atomic mass is 16.4. The average molecular weight is 262 g/mol. The highest BCUT2D eigenvalue weighted by Gasteiger charge is 2.27. The zero-order chi connectivity index (χ0) is 13.7. The summed E-state index contributed by atoms with van der Waals surface area (Å²) in [5, 5.41) is 11.8. The number of aliphatic carboxylic acids is 1. The third kappa shape index (κ3) is 3.71. The molecule has 0 unspecified atom stereocenters. The number of hydrogen-bond donors (Lipinski definition) is 2. The van der Waals surface area contributed by atoms with Gasteiger partial charge >= 0.3 is 12.0 Å². The monoisotopic (exact) mass is 262 g/mol. The van der Waals surface area contributed by atoms with E-state index in [1.807, 2.05) is 30.3 Å². The minimum Gasteiger partial charge on any atom is -0.481 e. The van der Waals surface area contributed by atoms with Crippen molar-refractivity contribution < 1.29 is 14.7 Å². The van der Waals surface area contributed by atoms with E-state index >= 15 is 0 Å². The lowest BCUT2D eigenvalue weighted by Crippen LogP contribution is -2.46. The molecule has 0 saturated carbocycles. The van der Waals surface area contributed by atoms with Crippen molar-refractivity contribution in [2.24, 2.45) is 5.92 Å². The van der Waals surface area contributed by atoms with Gasteiger partial charge in [-0.05, 0) is 18.4 Å². The average Bonchev–Trinajstić information content (AvgIpc) is 2.46. The third-order valence-corrected chi connectivity index (χ3v) is 3.34. The molecule has 5 nitrogen and oxygen atoms in total. The number of carboxylic acids is 1. The van der Waals surface area contributed by atoms with Crippen LogP contribution >= 0.6 is 0 Å². The Balaban J connectivity index is 1.84. The van der Waals surface area contributed by atoms with E-state index in [1.165, 1.54) is 0 Å². The van der Waals surface area contributed by atoms with Crippen molar-refractivity contribution in [1.82, 2.24) is 10.2 Å². The number of carbonyl (C=O) groups is 2. The van der Waals surface area contributed by atoms with E-state index in [0.717, 1.165) is 12.0 Å². The fraction of sp³-hybridized carbons (Fsp3) is 0.429. The first-order valence-corrected chi connectivity index (χ1v) is 6.46. The number of benzene rings is 1. The molecule has 0 aromatic heterocycles. The number of nitrogens with one attached hydrogen (secondary N) is 1. The van der Waals surface area contributed by atoms with E-state index in [4.69, 9.17) is 5.11 Å². The Bertz CT molecular complexity index is 447. The van der Waals surface area contributed by atoms with Crippen molar-refractivity contribution in [3.8, 4) is 0 Å². The summed E-state index contributed by atoms with van der Waals surface area (Å²) in [6.45, 7) is 1.40. The SMILES string of the molecule is O=C(O)[C@H]1CCCN(C(=O)NCc2ccccc2)C1. The molecule has 102 valence electrons. The van der Waals surface area contributed by atoms with Crippen LogP contribution in [-0.4, -0.2) is 35.1 Å². The second-order valence-electron chi connectivity index (χ2n) is 4.77. The molecule has 2 rings (SSSR count). The van der Waals surface area contributed by atoms with Gasteiger partial charge in [-0.25, -0.2) is 4.79 Å². The summed E-state index contributed by atoms with van der Waals surface area (Å²) in [5.74, 6) is -1.25. The zero-order valence-electron chi connectivity index (χ0n) is 10.7. The van der Waals surface area contributed by atoms with E-state index in [9.17, 15) is 9.59 Å². The summed E-state index contributed by atoms with van der Waals surface area (Å²) in [4.78, 5) is 24.5. The molecule has 2 amide bonds. The first-order valence-electron chi connectivity index (χ1n) is 6.46. The van der Waals surface area contributed by atoms with E-state index in [1.54, 1.807) is 4.90 Å². The number of urea groups is 1. The van der Waals surface area contributed by atoms with E-state index in [2.05, 4.69) is 5.32 Å². The molecule has 5 heteroatoms. The maximum Gasteiger partial charge on any atom is 0.317 e. The topological polar surface area (TPSA) is 69.6 Å². The zero-order valence-corrected chi connectivity index (χ0v) is 10.7. The van der Waals surface area contributed by atoms with Gasteiger partial charge in [0.1, 0.15) is 0 Å². The van der Waals surface area contributed by atoms with Crippen LogP contribution in [0.5, 0.6) is 0 Å². The van der Waals surface area contributed by atoms with Crippen LogP contribution in [-0.2, 0) is 11.3 Å². The minimum atomic E-state index is -0.819. The normalized spacial score (nSPS) is 18.9. The molecule has 19 heavy (non-hydrogen) atoms. The van der Waals surface area contributed by atoms with Crippen molar-refractivity contribution in [1.29, 1.82) is 0 Å². The predicted molar refractivity (Wildman–Crippen MR) is 70.6 cm³/mol. The van der Waals surface area contributed by atoms with Crippen LogP contribution in [0.25, 0.3) is 0 Å². The summed E-state index contributed by atoms with van der Waals surface area (Å²) >= 11 is 0. The number of nitrogens with zero attached hydrogens (tertiary/aromatic N) is 1. The lowest BCUT2D eigenvalue weighted by atomic mass is 9.99. The van der Waals surface area contributed by atoms with Crippen LogP contribution in [0.2, 0.25) is 0 Å². The first kappa shape index (κ1) is 13.4. The van der Waals surface area contributed by atoms with Crippen LogP contribution in [0.4, 0.5) is 4.79 Å². The summed E-state index contributed by atoms with van der Waals surface area (Å²) < 4.78 is 0. The van der Waals surface area contributed by atoms with Gasteiger partial charge in [-0.2, -0.15) is 0 Å². The van der Waals surface area contributed by atoms with Gasteiger partial charge in [0.15, 0.2) is 0 Å². The maximum absolute atomic E-state index is 12.0. The van der Waals surface area contributed by atoms with Crippen LogP contribution in [0, 0.1) is 5.92 Å². The Hall–Kier alpha value is -2.04. The molecular weight excluding hydrogens is 244 g/mol. The van der Waals surface area contributed by atoms with Crippen molar-refractivity contribution in [2.45, 2.75) is 19.4 Å². The van der Waals surface area contributed by atoms with Gasteiger partial charge in [0.25, 0.3) is 0 Å². The maximum atomic E-state index is 12.0. The van der Waals surface area contributed by atoms with Gasteiger partial charge in [0.05, 0.1) is 5.92 Å². The number of rotatable bonds is 3. The summed E-state index contributed by atoms with van der Waals surface area (Å²) in [5.41, 5.74) is 1.03. The van der Waals surface area contributed by atoms with Crippen LogP contribution in [0.15, 0.2) is 30.3 Å². The molecule has 0 aliphatic carbocycles. The Morgan fingerprint density at radius 2 is 2.05 bits per heavy atom. The molecule has 0 bridgehead atoms. The molecule has 1 aromatic carbocycles. The van der Waals surface area contributed by atoms with Gasteiger partial charge in [0.2, 0.25) is 0 Å². The number of likely N-dealkylation sites (tertiary alicyclic amines) is 1. The Morgan fingerprint density at radius 3 is 2.74 bits per heavy atom. The number of piperidine rings is 1. The molecule has 1 aliphatic heterocycles. The number of amides is 2. The highest BCUT2D eigenvalue weighted by Crippen LogP contribution is 2.16. The molecule has 1 saturated heterocycles. The molecule has 2 N–H and O–H groups in total. The number of hydrogen-bond acceptors (Lipinski definition) is 2. The highest BCUT2D eigenvalue weighted by molar-refractivity contribution is 5.76. The molecule has 1 aliphatic rings.